The van der Waals surface area contributed by atoms with E-state index in [0.717, 1.165) is 16.7 Å². The number of ketones is 1. The van der Waals surface area contributed by atoms with Crippen LogP contribution >= 0.6 is 0 Å². The van der Waals surface area contributed by atoms with Crippen LogP contribution in [-0.4, -0.2) is 30.6 Å². The van der Waals surface area contributed by atoms with E-state index in [4.69, 9.17) is 5.11 Å². The fraction of sp³-hybridized carbons (Fsp3) is 0.417. The average molecular weight is 207 g/mol. The molecule has 15 heavy (non-hydrogen) atoms. The van der Waals surface area contributed by atoms with Gasteiger partial charge in [0.25, 0.3) is 0 Å². The van der Waals surface area contributed by atoms with E-state index in [-0.39, 0.29) is 18.9 Å². The molecule has 0 aliphatic carbocycles. The Labute approximate surface area is 90.1 Å². The molecule has 3 heteroatoms. The van der Waals surface area contributed by atoms with E-state index in [2.05, 4.69) is 5.32 Å². The van der Waals surface area contributed by atoms with Gasteiger partial charge in [-0.25, -0.2) is 0 Å². The maximum absolute atomic E-state index is 11.7. The van der Waals surface area contributed by atoms with E-state index in [9.17, 15) is 4.79 Å². The van der Waals surface area contributed by atoms with E-state index in [1.165, 1.54) is 0 Å². The zero-order valence-corrected chi connectivity index (χ0v) is 9.21. The molecule has 0 radical (unpaired) electrons. The summed E-state index contributed by atoms with van der Waals surface area (Å²) in [7, 11) is 0. The molecule has 0 aliphatic rings. The van der Waals surface area contributed by atoms with Gasteiger partial charge in [0.05, 0.1) is 13.2 Å². The summed E-state index contributed by atoms with van der Waals surface area (Å²) >= 11 is 0. The molecule has 0 aromatic heterocycles. The molecule has 0 aliphatic heterocycles. The van der Waals surface area contributed by atoms with Gasteiger partial charge >= 0.3 is 0 Å². The Morgan fingerprint density at radius 1 is 1.40 bits per heavy atom. The van der Waals surface area contributed by atoms with Gasteiger partial charge in [-0.05, 0) is 19.4 Å². The van der Waals surface area contributed by atoms with Gasteiger partial charge in [0.15, 0.2) is 5.78 Å². The van der Waals surface area contributed by atoms with Crippen molar-refractivity contribution in [1.82, 2.24) is 5.32 Å². The Morgan fingerprint density at radius 3 is 2.73 bits per heavy atom. The van der Waals surface area contributed by atoms with Gasteiger partial charge in [-0.15, -0.1) is 0 Å². The van der Waals surface area contributed by atoms with Gasteiger partial charge in [0.2, 0.25) is 0 Å². The van der Waals surface area contributed by atoms with Gasteiger partial charge in [-0.3, -0.25) is 4.79 Å². The summed E-state index contributed by atoms with van der Waals surface area (Å²) in [6.45, 7) is 4.73. The molecule has 1 rings (SSSR count). The van der Waals surface area contributed by atoms with Crippen molar-refractivity contribution in [1.29, 1.82) is 0 Å². The first-order valence-electron chi connectivity index (χ1n) is 5.07. The van der Waals surface area contributed by atoms with Crippen LogP contribution in [0.5, 0.6) is 0 Å². The normalized spacial score (nSPS) is 10.3. The third kappa shape index (κ3) is 3.46. The standard InChI is InChI=1S/C12H17NO2/c1-9-3-4-11(10(2)7-9)12(15)8-13-5-6-14/h3-4,7,13-14H,5-6,8H2,1-2H3. The van der Waals surface area contributed by atoms with E-state index in [0.29, 0.717) is 6.54 Å². The summed E-state index contributed by atoms with van der Waals surface area (Å²) in [6.07, 6.45) is 0. The smallest absolute Gasteiger partial charge is 0.176 e. The molecule has 2 N–H and O–H groups in total. The fourth-order valence-electron chi connectivity index (χ4n) is 1.50. The van der Waals surface area contributed by atoms with Crippen molar-refractivity contribution in [3.05, 3.63) is 34.9 Å². The first kappa shape index (κ1) is 11.9. The maximum atomic E-state index is 11.7. The second-order valence-electron chi connectivity index (χ2n) is 3.64. The second-order valence-corrected chi connectivity index (χ2v) is 3.64. The number of hydrogen-bond donors (Lipinski definition) is 2. The van der Waals surface area contributed by atoms with Crippen LogP contribution in [0.1, 0.15) is 21.5 Å². The van der Waals surface area contributed by atoms with Crippen LogP contribution in [0.2, 0.25) is 0 Å². The van der Waals surface area contributed by atoms with Crippen LogP contribution in [0.15, 0.2) is 18.2 Å². The zero-order valence-electron chi connectivity index (χ0n) is 9.21. The third-order valence-electron chi connectivity index (χ3n) is 2.26. The molecule has 82 valence electrons. The van der Waals surface area contributed by atoms with Crippen LogP contribution < -0.4 is 5.32 Å². The van der Waals surface area contributed by atoms with E-state index in [1.807, 2.05) is 32.0 Å². The molecule has 0 saturated carbocycles. The molecule has 0 heterocycles. The molecule has 1 aromatic rings. The van der Waals surface area contributed by atoms with Crippen LogP contribution in [-0.2, 0) is 0 Å². The summed E-state index contributed by atoms with van der Waals surface area (Å²) in [6, 6.07) is 5.79. The highest BCUT2D eigenvalue weighted by molar-refractivity contribution is 5.98. The summed E-state index contributed by atoms with van der Waals surface area (Å²) in [4.78, 5) is 11.7. The molecular weight excluding hydrogens is 190 g/mol. The van der Waals surface area contributed by atoms with Crippen LogP contribution in [0.25, 0.3) is 0 Å². The summed E-state index contributed by atoms with van der Waals surface area (Å²) in [5, 5.41) is 11.4. The van der Waals surface area contributed by atoms with E-state index < -0.39 is 0 Å². The van der Waals surface area contributed by atoms with Gasteiger partial charge in [0.1, 0.15) is 0 Å². The predicted octanol–water partition coefficient (Wildman–Crippen LogP) is 1.07. The Morgan fingerprint density at radius 2 is 2.13 bits per heavy atom. The van der Waals surface area contributed by atoms with Crippen molar-refractivity contribution in [3.8, 4) is 0 Å². The monoisotopic (exact) mass is 207 g/mol. The SMILES string of the molecule is Cc1ccc(C(=O)CNCCO)c(C)c1. The number of rotatable bonds is 5. The highest BCUT2D eigenvalue weighted by Crippen LogP contribution is 2.10. The molecule has 1 aromatic carbocycles. The second kappa shape index (κ2) is 5.63. The lowest BCUT2D eigenvalue weighted by Gasteiger charge is -2.06. The quantitative estimate of drug-likeness (QED) is 0.561. The van der Waals surface area contributed by atoms with Crippen LogP contribution in [0.4, 0.5) is 0 Å². The number of nitrogens with one attached hydrogen (secondary N) is 1. The molecule has 0 saturated heterocycles. The third-order valence-corrected chi connectivity index (χ3v) is 2.26. The molecule has 3 nitrogen and oxygen atoms in total. The highest BCUT2D eigenvalue weighted by Gasteiger charge is 2.07. The summed E-state index contributed by atoms with van der Waals surface area (Å²) in [5.41, 5.74) is 2.92. The topological polar surface area (TPSA) is 49.3 Å². The van der Waals surface area contributed by atoms with Crippen molar-refractivity contribution in [2.75, 3.05) is 19.7 Å². The van der Waals surface area contributed by atoms with Crippen molar-refractivity contribution in [2.24, 2.45) is 0 Å². The highest BCUT2D eigenvalue weighted by atomic mass is 16.3. The predicted molar refractivity (Wildman–Crippen MR) is 60.2 cm³/mol. The van der Waals surface area contributed by atoms with Crippen LogP contribution in [0.3, 0.4) is 0 Å². The van der Waals surface area contributed by atoms with Crippen molar-refractivity contribution < 1.29 is 9.90 Å². The fourth-order valence-corrected chi connectivity index (χ4v) is 1.50. The number of hydrogen-bond acceptors (Lipinski definition) is 3. The Kier molecular flexibility index (Phi) is 4.46. The average Bonchev–Trinajstić information content (AvgIpc) is 2.17. The molecule has 0 spiro atoms. The lowest BCUT2D eigenvalue weighted by Crippen LogP contribution is -2.26. The Balaban J connectivity index is 2.65. The van der Waals surface area contributed by atoms with Gasteiger partial charge in [-0.2, -0.15) is 0 Å². The Bertz CT molecular complexity index is 347. The van der Waals surface area contributed by atoms with Gasteiger partial charge in [-0.1, -0.05) is 23.8 Å². The number of Topliss-reactive ketones (excluding diaryl/α,β-unsaturated/α-hetero) is 1. The maximum Gasteiger partial charge on any atom is 0.176 e. The number of benzene rings is 1. The van der Waals surface area contributed by atoms with Crippen LogP contribution in [0, 0.1) is 13.8 Å². The van der Waals surface area contributed by atoms with Gasteiger partial charge < -0.3 is 10.4 Å². The molecule has 0 unspecified atom stereocenters. The minimum Gasteiger partial charge on any atom is -0.395 e. The first-order chi connectivity index (χ1) is 7.15. The first-order valence-corrected chi connectivity index (χ1v) is 5.07. The number of carbonyl (C=O) groups excluding carboxylic acids is 1. The molecule has 0 fully saturated rings. The lowest BCUT2D eigenvalue weighted by molar-refractivity contribution is 0.0989. The lowest BCUT2D eigenvalue weighted by atomic mass is 10.0. The molecule has 0 atom stereocenters. The van der Waals surface area contributed by atoms with Crippen molar-refractivity contribution in [3.63, 3.8) is 0 Å². The minimum absolute atomic E-state index is 0.0557. The minimum atomic E-state index is 0.0557. The van der Waals surface area contributed by atoms with Crippen molar-refractivity contribution >= 4 is 5.78 Å². The zero-order chi connectivity index (χ0) is 11.3. The number of aliphatic hydroxyl groups excluding tert-OH is 1. The largest absolute Gasteiger partial charge is 0.395 e. The molecule has 0 bridgehead atoms. The van der Waals surface area contributed by atoms with Crippen molar-refractivity contribution in [2.45, 2.75) is 13.8 Å². The molecular formula is C12H17NO2. The number of carbonyl (C=O) groups is 1. The summed E-state index contributed by atoms with van der Waals surface area (Å²) in [5.74, 6) is 0.0703. The molecule has 0 amide bonds. The van der Waals surface area contributed by atoms with E-state index in [1.54, 1.807) is 0 Å². The van der Waals surface area contributed by atoms with E-state index >= 15 is 0 Å². The van der Waals surface area contributed by atoms with Gasteiger partial charge in [0, 0.05) is 12.1 Å². The number of aryl methyl sites for hydroxylation is 2. The number of aliphatic hydroxyl groups is 1. The Hall–Kier alpha value is -1.19. The summed E-state index contributed by atoms with van der Waals surface area (Å²) < 4.78 is 0.